The molecular weight excluding hydrogens is 292 g/mol. The number of aryl methyl sites for hydroxylation is 1. The third kappa shape index (κ3) is 3.65. The Hall–Kier alpha value is -1.34. The zero-order valence-electron chi connectivity index (χ0n) is 12.4. The standard InChI is InChI=1S/C14H22N2O4S/c1-10(11-6-4-3-5-7-11)15-21(19,20)12-8-13(14(17)18)16(2)9-12/h8-11,15H,3-7H2,1-2H3,(H,17,18)/t10-/m0/s1. The monoisotopic (exact) mass is 314 g/mol. The highest BCUT2D eigenvalue weighted by molar-refractivity contribution is 7.89. The zero-order chi connectivity index (χ0) is 15.6. The van der Waals surface area contributed by atoms with Crippen LogP contribution in [0.15, 0.2) is 17.2 Å². The first-order valence-corrected chi connectivity index (χ1v) is 8.71. The molecule has 0 aromatic carbocycles. The van der Waals surface area contributed by atoms with Gasteiger partial charge in [0.25, 0.3) is 0 Å². The fourth-order valence-corrected chi connectivity index (χ4v) is 4.32. The van der Waals surface area contributed by atoms with Gasteiger partial charge in [-0.25, -0.2) is 17.9 Å². The fourth-order valence-electron chi connectivity index (χ4n) is 2.94. The van der Waals surface area contributed by atoms with E-state index in [0.717, 1.165) is 25.7 Å². The number of carbonyl (C=O) groups is 1. The maximum absolute atomic E-state index is 12.4. The minimum Gasteiger partial charge on any atom is -0.477 e. The molecule has 0 aliphatic heterocycles. The summed E-state index contributed by atoms with van der Waals surface area (Å²) >= 11 is 0. The number of aromatic carboxylic acids is 1. The van der Waals surface area contributed by atoms with Crippen LogP contribution in [0.1, 0.15) is 49.5 Å². The van der Waals surface area contributed by atoms with E-state index in [4.69, 9.17) is 5.11 Å². The van der Waals surface area contributed by atoms with Crippen molar-refractivity contribution in [2.45, 2.75) is 50.0 Å². The lowest BCUT2D eigenvalue weighted by Crippen LogP contribution is -2.38. The van der Waals surface area contributed by atoms with E-state index >= 15 is 0 Å². The lowest BCUT2D eigenvalue weighted by molar-refractivity contribution is 0.0686. The van der Waals surface area contributed by atoms with Crippen molar-refractivity contribution in [1.29, 1.82) is 0 Å². The van der Waals surface area contributed by atoms with Gasteiger partial charge >= 0.3 is 5.97 Å². The van der Waals surface area contributed by atoms with Gasteiger partial charge in [-0.15, -0.1) is 0 Å². The van der Waals surface area contributed by atoms with Gasteiger partial charge in [-0.2, -0.15) is 0 Å². The molecule has 0 unspecified atom stereocenters. The van der Waals surface area contributed by atoms with Gasteiger partial charge in [0.05, 0.1) is 0 Å². The van der Waals surface area contributed by atoms with Crippen molar-refractivity contribution < 1.29 is 18.3 Å². The average Bonchev–Trinajstić information content (AvgIpc) is 2.82. The molecule has 0 amide bonds. The summed E-state index contributed by atoms with van der Waals surface area (Å²) in [6.45, 7) is 1.88. The second kappa shape index (κ2) is 6.19. The third-order valence-electron chi connectivity index (χ3n) is 4.21. The summed E-state index contributed by atoms with van der Waals surface area (Å²) in [6.07, 6.45) is 6.92. The highest BCUT2D eigenvalue weighted by Crippen LogP contribution is 2.27. The topological polar surface area (TPSA) is 88.4 Å². The Morgan fingerprint density at radius 1 is 1.38 bits per heavy atom. The van der Waals surface area contributed by atoms with Gasteiger partial charge in [-0.1, -0.05) is 19.3 Å². The first-order valence-electron chi connectivity index (χ1n) is 7.23. The summed E-state index contributed by atoms with van der Waals surface area (Å²) in [5, 5.41) is 8.99. The molecule has 1 aliphatic rings. The predicted molar refractivity (Wildman–Crippen MR) is 78.7 cm³/mol. The number of hydrogen-bond acceptors (Lipinski definition) is 3. The molecule has 1 heterocycles. The molecule has 0 saturated heterocycles. The molecule has 6 nitrogen and oxygen atoms in total. The minimum absolute atomic E-state index is 0.00468. The Morgan fingerprint density at radius 2 is 2.00 bits per heavy atom. The molecule has 1 fully saturated rings. The number of rotatable bonds is 5. The Morgan fingerprint density at radius 3 is 2.52 bits per heavy atom. The summed E-state index contributed by atoms with van der Waals surface area (Å²) in [6, 6.07) is 1.06. The molecule has 1 aliphatic carbocycles. The number of nitrogens with zero attached hydrogens (tertiary/aromatic N) is 1. The van der Waals surface area contributed by atoms with Crippen LogP contribution in [-0.4, -0.2) is 30.1 Å². The summed E-state index contributed by atoms with van der Waals surface area (Å²) < 4.78 is 28.7. The quantitative estimate of drug-likeness (QED) is 0.869. The highest BCUT2D eigenvalue weighted by atomic mass is 32.2. The van der Waals surface area contributed by atoms with E-state index in [9.17, 15) is 13.2 Å². The van der Waals surface area contributed by atoms with E-state index in [1.54, 1.807) is 0 Å². The van der Waals surface area contributed by atoms with Crippen molar-refractivity contribution in [3.05, 3.63) is 18.0 Å². The Balaban J connectivity index is 2.14. The Bertz CT molecular complexity index is 615. The number of carboxylic acid groups (broad SMARTS) is 1. The maximum Gasteiger partial charge on any atom is 0.352 e. The van der Waals surface area contributed by atoms with Gasteiger partial charge in [-0.3, -0.25) is 0 Å². The smallest absolute Gasteiger partial charge is 0.352 e. The van der Waals surface area contributed by atoms with Gasteiger partial charge in [0.15, 0.2) is 0 Å². The van der Waals surface area contributed by atoms with Gasteiger partial charge in [-0.05, 0) is 31.7 Å². The SMILES string of the molecule is C[C@H](NS(=O)(=O)c1cc(C(=O)O)n(C)c1)C1CCCCC1. The number of hydrogen-bond donors (Lipinski definition) is 2. The van der Waals surface area contributed by atoms with Crippen molar-refractivity contribution in [3.63, 3.8) is 0 Å². The second-order valence-electron chi connectivity index (χ2n) is 5.79. The van der Waals surface area contributed by atoms with E-state index in [1.807, 2.05) is 6.92 Å². The van der Waals surface area contributed by atoms with Gasteiger partial charge < -0.3 is 9.67 Å². The lowest BCUT2D eigenvalue weighted by atomic mass is 9.85. The van der Waals surface area contributed by atoms with E-state index < -0.39 is 16.0 Å². The summed E-state index contributed by atoms with van der Waals surface area (Å²) in [4.78, 5) is 11.0. The van der Waals surface area contributed by atoms with Crippen LogP contribution < -0.4 is 4.72 Å². The van der Waals surface area contributed by atoms with E-state index in [-0.39, 0.29) is 16.6 Å². The predicted octanol–water partition coefficient (Wildman–Crippen LogP) is 1.97. The summed E-state index contributed by atoms with van der Waals surface area (Å²) in [7, 11) is -2.16. The fraction of sp³-hybridized carbons (Fsp3) is 0.643. The molecule has 1 saturated carbocycles. The molecule has 1 atom stereocenters. The van der Waals surface area contributed by atoms with Gasteiger partial charge in [0.1, 0.15) is 10.6 Å². The van der Waals surface area contributed by atoms with Crippen LogP contribution >= 0.6 is 0 Å². The minimum atomic E-state index is -3.68. The molecule has 0 bridgehead atoms. The lowest BCUT2D eigenvalue weighted by Gasteiger charge is -2.27. The highest BCUT2D eigenvalue weighted by Gasteiger charge is 2.26. The van der Waals surface area contributed by atoms with Crippen LogP contribution in [-0.2, 0) is 17.1 Å². The number of aromatic nitrogens is 1. The summed E-state index contributed by atoms with van der Waals surface area (Å²) in [5.41, 5.74) is -0.0410. The number of nitrogens with one attached hydrogen (secondary N) is 1. The van der Waals surface area contributed by atoms with Crippen LogP contribution in [0.4, 0.5) is 0 Å². The Labute approximate surface area is 125 Å². The third-order valence-corrected chi connectivity index (χ3v) is 5.73. The molecule has 0 radical (unpaired) electrons. The normalized spacial score (nSPS) is 18.6. The van der Waals surface area contributed by atoms with Crippen LogP contribution in [0.2, 0.25) is 0 Å². The molecule has 2 rings (SSSR count). The second-order valence-corrected chi connectivity index (χ2v) is 7.50. The molecule has 1 aromatic rings. The van der Waals surface area contributed by atoms with Crippen molar-refractivity contribution in [3.8, 4) is 0 Å². The summed E-state index contributed by atoms with van der Waals surface area (Å²) in [5.74, 6) is -0.782. The molecule has 2 N–H and O–H groups in total. The molecular formula is C14H22N2O4S. The van der Waals surface area contributed by atoms with Crippen LogP contribution in [0.25, 0.3) is 0 Å². The number of carboxylic acids is 1. The molecule has 1 aromatic heterocycles. The largest absolute Gasteiger partial charge is 0.477 e. The van der Waals surface area contributed by atoms with Crippen molar-refractivity contribution in [2.75, 3.05) is 0 Å². The first-order chi connectivity index (χ1) is 9.81. The maximum atomic E-state index is 12.4. The van der Waals surface area contributed by atoms with Crippen molar-refractivity contribution in [1.82, 2.24) is 9.29 Å². The number of sulfonamides is 1. The van der Waals surface area contributed by atoms with Crippen molar-refractivity contribution in [2.24, 2.45) is 13.0 Å². The first kappa shape index (κ1) is 16.0. The van der Waals surface area contributed by atoms with Crippen LogP contribution in [0.3, 0.4) is 0 Å². The van der Waals surface area contributed by atoms with Crippen molar-refractivity contribution >= 4 is 16.0 Å². The zero-order valence-corrected chi connectivity index (χ0v) is 13.2. The Kier molecular flexibility index (Phi) is 4.73. The molecule has 21 heavy (non-hydrogen) atoms. The van der Waals surface area contributed by atoms with Crippen LogP contribution in [0, 0.1) is 5.92 Å². The average molecular weight is 314 g/mol. The molecule has 0 spiro atoms. The molecule has 7 heteroatoms. The van der Waals surface area contributed by atoms with Gasteiger partial charge in [0.2, 0.25) is 10.0 Å². The van der Waals surface area contributed by atoms with Crippen LogP contribution in [0.5, 0.6) is 0 Å². The van der Waals surface area contributed by atoms with E-state index in [2.05, 4.69) is 4.72 Å². The van der Waals surface area contributed by atoms with E-state index in [0.29, 0.717) is 5.92 Å². The van der Waals surface area contributed by atoms with E-state index in [1.165, 1.54) is 30.3 Å². The molecule has 118 valence electrons. The van der Waals surface area contributed by atoms with Gasteiger partial charge in [0, 0.05) is 19.3 Å².